The smallest absolute Gasteiger partial charge is 0.0541 e. The highest BCUT2D eigenvalue weighted by Gasteiger charge is 2.17. The Bertz CT molecular complexity index is 4470. The number of benzene rings is 14. The van der Waals surface area contributed by atoms with Crippen molar-refractivity contribution in [2.45, 2.75) is 0 Å². The molecule has 73 heavy (non-hydrogen) atoms. The van der Waals surface area contributed by atoms with Gasteiger partial charge in [0.2, 0.25) is 0 Å². The van der Waals surface area contributed by atoms with E-state index in [1.54, 1.807) is 0 Å². The predicted molar refractivity (Wildman–Crippen MR) is 313 cm³/mol. The molecule has 0 fully saturated rings. The van der Waals surface area contributed by atoms with Gasteiger partial charge in [0, 0.05) is 16.5 Å². The van der Waals surface area contributed by atoms with E-state index in [2.05, 4.69) is 278 Å². The van der Waals surface area contributed by atoms with Gasteiger partial charge in [0.15, 0.2) is 0 Å². The largest absolute Gasteiger partial charge is 0.309 e. The minimum atomic E-state index is 1.13. The first kappa shape index (κ1) is 41.2. The quantitative estimate of drug-likeness (QED) is 0.146. The third kappa shape index (κ3) is 6.71. The van der Waals surface area contributed by atoms with Crippen molar-refractivity contribution in [1.29, 1.82) is 0 Å². The molecular weight excluding hydrogens is 879 g/mol. The van der Waals surface area contributed by atoms with Gasteiger partial charge in [-0.05, 0) is 175 Å². The van der Waals surface area contributed by atoms with Crippen LogP contribution in [-0.4, -0.2) is 4.57 Å². The lowest BCUT2D eigenvalue weighted by molar-refractivity contribution is 1.18. The van der Waals surface area contributed by atoms with E-state index < -0.39 is 0 Å². The molecule has 15 aromatic rings. The number of hydrogen-bond donors (Lipinski definition) is 0. The fourth-order valence-electron chi connectivity index (χ4n) is 12.0. The van der Waals surface area contributed by atoms with Gasteiger partial charge in [-0.25, -0.2) is 0 Å². The molecular formula is C72H45N. The molecule has 0 radical (unpaired) electrons. The molecule has 15 rings (SSSR count). The third-order valence-corrected chi connectivity index (χ3v) is 15.6. The summed E-state index contributed by atoms with van der Waals surface area (Å²) in [6, 6.07) is 101. The highest BCUT2D eigenvalue weighted by Crippen LogP contribution is 2.42. The third-order valence-electron chi connectivity index (χ3n) is 15.6. The maximum atomic E-state index is 2.45. The molecule has 0 unspecified atom stereocenters. The van der Waals surface area contributed by atoms with Crippen molar-refractivity contribution in [2.75, 3.05) is 0 Å². The minimum Gasteiger partial charge on any atom is -0.309 e. The molecule has 14 aromatic carbocycles. The van der Waals surface area contributed by atoms with Gasteiger partial charge in [0.25, 0.3) is 0 Å². The molecule has 0 atom stereocenters. The Hall–Kier alpha value is -9.56. The lowest BCUT2D eigenvalue weighted by Crippen LogP contribution is -1.94. The first-order valence-corrected chi connectivity index (χ1v) is 25.3. The molecule has 1 aromatic heterocycles. The normalized spacial score (nSPS) is 11.8. The molecule has 0 saturated carbocycles. The van der Waals surface area contributed by atoms with Gasteiger partial charge >= 0.3 is 0 Å². The number of nitrogens with zero attached hydrogens (tertiary/aromatic N) is 1. The molecule has 0 bridgehead atoms. The Morgan fingerprint density at radius 3 is 0.808 bits per heavy atom. The summed E-state index contributed by atoms with van der Waals surface area (Å²) >= 11 is 0. The summed E-state index contributed by atoms with van der Waals surface area (Å²) in [6.45, 7) is 0. The summed E-state index contributed by atoms with van der Waals surface area (Å²) in [5, 5.41) is 17.7. The molecule has 338 valence electrons. The molecule has 1 heterocycles. The van der Waals surface area contributed by atoms with Crippen molar-refractivity contribution in [3.05, 3.63) is 273 Å². The summed E-state index contributed by atoms with van der Waals surface area (Å²) in [5.74, 6) is 0. The number of hydrogen-bond acceptors (Lipinski definition) is 0. The summed E-state index contributed by atoms with van der Waals surface area (Å²) in [5.41, 5.74) is 15.6. The zero-order chi connectivity index (χ0) is 48.0. The van der Waals surface area contributed by atoms with Gasteiger partial charge in [-0.15, -0.1) is 0 Å². The fourth-order valence-corrected chi connectivity index (χ4v) is 12.0. The number of aromatic nitrogens is 1. The van der Waals surface area contributed by atoms with Crippen LogP contribution >= 0.6 is 0 Å². The highest BCUT2D eigenvalue weighted by molar-refractivity contribution is 6.17. The van der Waals surface area contributed by atoms with Crippen molar-refractivity contribution in [3.63, 3.8) is 0 Å². The zero-order valence-electron chi connectivity index (χ0n) is 39.9. The Balaban J connectivity index is 0.855. The van der Waals surface area contributed by atoms with E-state index in [-0.39, 0.29) is 0 Å². The monoisotopic (exact) mass is 923 g/mol. The van der Waals surface area contributed by atoms with Crippen LogP contribution in [0.4, 0.5) is 0 Å². The van der Waals surface area contributed by atoms with Crippen LogP contribution in [0.1, 0.15) is 0 Å². The molecule has 0 N–H and O–H groups in total. The van der Waals surface area contributed by atoms with E-state index in [0.717, 1.165) is 5.69 Å². The predicted octanol–water partition coefficient (Wildman–Crippen LogP) is 20.0. The van der Waals surface area contributed by atoms with Gasteiger partial charge in [-0.1, -0.05) is 218 Å². The lowest BCUT2D eigenvalue weighted by Gasteiger charge is -2.13. The number of fused-ring (bicyclic) bond motifs is 12. The standard InChI is InChI=1S/C72H45N/c1-4-16-57-53(13-1)43-66(63-22-10-7-19-60(57)63)48-29-25-46(26-30-48)51-35-39-71-69(41-51)70-42-52(47-27-31-49(32-28-47)67-44-54-14-2-5-17-58(54)61-20-8-11-23-64(61)67)36-40-72(70)73(71)56-37-33-50(34-38-56)68-45-55-15-3-6-18-59(55)62-21-9-12-24-65(62)68/h1-45H. The zero-order valence-corrected chi connectivity index (χ0v) is 39.9. The highest BCUT2D eigenvalue weighted by atomic mass is 15.0. The van der Waals surface area contributed by atoms with Crippen LogP contribution in [0.5, 0.6) is 0 Å². The Morgan fingerprint density at radius 2 is 0.452 bits per heavy atom. The summed E-state index contributed by atoms with van der Waals surface area (Å²) < 4.78 is 2.45. The van der Waals surface area contributed by atoms with E-state index in [4.69, 9.17) is 0 Å². The van der Waals surface area contributed by atoms with Crippen LogP contribution in [0, 0.1) is 0 Å². The van der Waals surface area contributed by atoms with E-state index in [1.165, 1.54) is 142 Å². The van der Waals surface area contributed by atoms with Crippen molar-refractivity contribution < 1.29 is 0 Å². The van der Waals surface area contributed by atoms with Gasteiger partial charge in [-0.2, -0.15) is 0 Å². The molecule has 0 spiro atoms. The van der Waals surface area contributed by atoms with Crippen molar-refractivity contribution in [2.24, 2.45) is 0 Å². The average molecular weight is 924 g/mol. The molecule has 0 aliphatic carbocycles. The SMILES string of the molecule is c1ccc2c(c1)cc(-c1ccc(-c3ccc4c(c3)c3cc(-c5ccc(-c6cc7ccccc7c7ccccc67)cc5)ccc3n4-c3ccc(-c4cc5ccccc5c5ccccc45)cc3)cc1)c1ccccc12. The lowest BCUT2D eigenvalue weighted by atomic mass is 9.92. The summed E-state index contributed by atoms with van der Waals surface area (Å²) in [6.07, 6.45) is 0. The second-order valence-electron chi connectivity index (χ2n) is 19.6. The van der Waals surface area contributed by atoms with Gasteiger partial charge in [-0.3, -0.25) is 0 Å². The molecule has 0 saturated heterocycles. The summed E-state index contributed by atoms with van der Waals surface area (Å²) in [7, 11) is 0. The topological polar surface area (TPSA) is 4.93 Å². The Morgan fingerprint density at radius 1 is 0.178 bits per heavy atom. The van der Waals surface area contributed by atoms with Crippen molar-refractivity contribution >= 4 is 86.4 Å². The maximum absolute atomic E-state index is 2.45. The van der Waals surface area contributed by atoms with E-state index in [0.29, 0.717) is 0 Å². The minimum absolute atomic E-state index is 1.13. The van der Waals surface area contributed by atoms with Crippen LogP contribution < -0.4 is 0 Å². The van der Waals surface area contributed by atoms with Gasteiger partial charge in [0.05, 0.1) is 11.0 Å². The van der Waals surface area contributed by atoms with Crippen LogP contribution in [0.15, 0.2) is 273 Å². The second kappa shape index (κ2) is 16.5. The molecule has 1 nitrogen and oxygen atoms in total. The van der Waals surface area contributed by atoms with Crippen molar-refractivity contribution in [1.82, 2.24) is 4.57 Å². The van der Waals surface area contributed by atoms with Crippen LogP contribution in [0.3, 0.4) is 0 Å². The first-order chi connectivity index (χ1) is 36.2. The number of rotatable bonds is 6. The van der Waals surface area contributed by atoms with Crippen LogP contribution in [-0.2, 0) is 0 Å². The maximum Gasteiger partial charge on any atom is 0.0541 e. The fraction of sp³-hybridized carbons (Fsp3) is 0. The van der Waals surface area contributed by atoms with Gasteiger partial charge in [0.1, 0.15) is 0 Å². The van der Waals surface area contributed by atoms with Crippen LogP contribution in [0.25, 0.3) is 148 Å². The molecule has 0 amide bonds. The Labute approximate surface area is 423 Å². The van der Waals surface area contributed by atoms with E-state index in [9.17, 15) is 0 Å². The van der Waals surface area contributed by atoms with Crippen LogP contribution in [0.2, 0.25) is 0 Å². The summed E-state index contributed by atoms with van der Waals surface area (Å²) in [4.78, 5) is 0. The molecule has 0 aliphatic rings. The molecule has 1 heteroatoms. The average Bonchev–Trinajstić information content (AvgIpc) is 3.79. The van der Waals surface area contributed by atoms with Gasteiger partial charge < -0.3 is 4.57 Å². The van der Waals surface area contributed by atoms with Crippen molar-refractivity contribution in [3.8, 4) is 61.3 Å². The van der Waals surface area contributed by atoms with E-state index in [1.807, 2.05) is 0 Å². The second-order valence-corrected chi connectivity index (χ2v) is 19.6. The van der Waals surface area contributed by atoms with E-state index >= 15 is 0 Å². The molecule has 0 aliphatic heterocycles. The first-order valence-electron chi connectivity index (χ1n) is 25.3. The Kier molecular flexibility index (Phi) is 9.33.